The van der Waals surface area contributed by atoms with Crippen LogP contribution < -0.4 is 0 Å². The van der Waals surface area contributed by atoms with Crippen LogP contribution in [-0.4, -0.2) is 55.3 Å². The molecule has 1 aliphatic carbocycles. The molecule has 0 radical (unpaired) electrons. The standard InChI is InChI=1S/C25H30BrNO5/c1-4-14(9-15-10-17(26)6-7-20(15)28)5-8-21-22-16(12-31-3)11-18-23(19(22)13-32-21)25(30)27(2)24(18)29/h6-7,9-10,18-19,21,23,28H,4-5,8,11-13H2,1-3H3/b14-9+/t18-,19+,21-,23-/m1/s1. The number of hydrogen-bond donors (Lipinski definition) is 1. The summed E-state index contributed by atoms with van der Waals surface area (Å²) in [6, 6.07) is 5.41. The molecule has 0 aromatic heterocycles. The quantitative estimate of drug-likeness (QED) is 0.442. The van der Waals surface area contributed by atoms with E-state index < -0.39 is 0 Å². The molecule has 3 aliphatic rings. The van der Waals surface area contributed by atoms with Crippen molar-refractivity contribution < 1.29 is 24.2 Å². The first-order valence-corrected chi connectivity index (χ1v) is 12.0. The average molecular weight is 504 g/mol. The number of likely N-dealkylation sites (tertiary alicyclic amines) is 1. The summed E-state index contributed by atoms with van der Waals surface area (Å²) in [6.07, 6.45) is 5.02. The van der Waals surface area contributed by atoms with E-state index in [0.717, 1.165) is 34.9 Å². The van der Waals surface area contributed by atoms with Gasteiger partial charge in [-0.2, -0.15) is 0 Å². The van der Waals surface area contributed by atoms with Crippen molar-refractivity contribution in [3.63, 3.8) is 0 Å². The van der Waals surface area contributed by atoms with Gasteiger partial charge in [-0.05, 0) is 55.0 Å². The first-order valence-electron chi connectivity index (χ1n) is 11.2. The van der Waals surface area contributed by atoms with Crippen LogP contribution >= 0.6 is 15.9 Å². The van der Waals surface area contributed by atoms with Gasteiger partial charge in [0.05, 0.1) is 31.2 Å². The van der Waals surface area contributed by atoms with Gasteiger partial charge in [-0.15, -0.1) is 0 Å². The maximum atomic E-state index is 12.8. The highest BCUT2D eigenvalue weighted by atomic mass is 79.9. The monoisotopic (exact) mass is 503 g/mol. The van der Waals surface area contributed by atoms with E-state index in [1.165, 1.54) is 16.0 Å². The number of allylic oxidation sites excluding steroid dienone is 1. The largest absolute Gasteiger partial charge is 0.507 e. The van der Waals surface area contributed by atoms with E-state index >= 15 is 0 Å². The van der Waals surface area contributed by atoms with Crippen LogP contribution in [0.15, 0.2) is 39.4 Å². The molecule has 2 aliphatic heterocycles. The van der Waals surface area contributed by atoms with Crippen molar-refractivity contribution in [2.24, 2.45) is 17.8 Å². The second-order valence-corrected chi connectivity index (χ2v) is 9.81. The molecule has 1 aromatic carbocycles. The molecule has 6 nitrogen and oxygen atoms in total. The molecule has 2 fully saturated rings. The summed E-state index contributed by atoms with van der Waals surface area (Å²) in [6.45, 7) is 3.04. The van der Waals surface area contributed by atoms with Gasteiger partial charge < -0.3 is 14.6 Å². The number of imide groups is 1. The molecule has 0 bridgehead atoms. The summed E-state index contributed by atoms with van der Waals surface area (Å²) in [5.74, 6) is -0.558. The number of halogens is 1. The lowest BCUT2D eigenvalue weighted by Crippen LogP contribution is -2.34. The van der Waals surface area contributed by atoms with Crippen LogP contribution in [0.1, 0.15) is 38.2 Å². The maximum absolute atomic E-state index is 12.8. The SMILES string of the molecule is CC/C(=C\c1cc(Br)ccc1O)CC[C@H]1OC[C@H]2C1=C(COC)C[C@H]1C(=O)N(C)C(=O)[C@H]12. The number of amides is 2. The Kier molecular flexibility index (Phi) is 6.89. The number of aromatic hydroxyl groups is 1. The van der Waals surface area contributed by atoms with Gasteiger partial charge in [-0.3, -0.25) is 14.5 Å². The fourth-order valence-corrected chi connectivity index (χ4v) is 5.84. The molecule has 0 saturated carbocycles. The van der Waals surface area contributed by atoms with Gasteiger partial charge in [-0.25, -0.2) is 0 Å². The third-order valence-corrected chi connectivity index (χ3v) is 7.57. The van der Waals surface area contributed by atoms with Gasteiger partial charge in [0.25, 0.3) is 0 Å². The molecule has 0 unspecified atom stereocenters. The van der Waals surface area contributed by atoms with Crippen LogP contribution in [0.2, 0.25) is 0 Å². The van der Waals surface area contributed by atoms with E-state index in [2.05, 4.69) is 22.9 Å². The molecule has 2 saturated heterocycles. The Balaban J connectivity index is 1.56. The first kappa shape index (κ1) is 23.2. The normalized spacial score (nSPS) is 27.9. The fourth-order valence-electron chi connectivity index (χ4n) is 5.47. The van der Waals surface area contributed by atoms with Crippen LogP contribution in [0, 0.1) is 17.8 Å². The van der Waals surface area contributed by atoms with E-state index in [-0.39, 0.29) is 41.4 Å². The molecule has 2 amide bonds. The molecule has 1 aromatic rings. The Morgan fingerprint density at radius 3 is 2.81 bits per heavy atom. The highest BCUT2D eigenvalue weighted by Gasteiger charge is 2.55. The number of methoxy groups -OCH3 is 1. The van der Waals surface area contributed by atoms with Gasteiger partial charge in [0.2, 0.25) is 11.8 Å². The van der Waals surface area contributed by atoms with E-state index in [1.807, 2.05) is 18.2 Å². The Morgan fingerprint density at radius 1 is 1.31 bits per heavy atom. The summed E-state index contributed by atoms with van der Waals surface area (Å²) in [5, 5.41) is 10.2. The van der Waals surface area contributed by atoms with Crippen LogP contribution in [0.3, 0.4) is 0 Å². The van der Waals surface area contributed by atoms with E-state index in [4.69, 9.17) is 9.47 Å². The minimum atomic E-state index is -0.312. The number of hydrogen-bond acceptors (Lipinski definition) is 5. The Morgan fingerprint density at radius 2 is 2.09 bits per heavy atom. The predicted molar refractivity (Wildman–Crippen MR) is 125 cm³/mol. The summed E-state index contributed by atoms with van der Waals surface area (Å²) >= 11 is 3.46. The van der Waals surface area contributed by atoms with E-state index in [0.29, 0.717) is 19.6 Å². The minimum absolute atomic E-state index is 0.0477. The van der Waals surface area contributed by atoms with Gasteiger partial charge >= 0.3 is 0 Å². The molecule has 0 spiro atoms. The zero-order valence-electron chi connectivity index (χ0n) is 18.8. The summed E-state index contributed by atoms with van der Waals surface area (Å²) in [4.78, 5) is 26.7. The van der Waals surface area contributed by atoms with Gasteiger partial charge in [0.1, 0.15) is 5.75 Å². The topological polar surface area (TPSA) is 76.1 Å². The van der Waals surface area contributed by atoms with Crippen molar-refractivity contribution >= 4 is 33.8 Å². The Labute approximate surface area is 197 Å². The number of rotatable bonds is 7. The van der Waals surface area contributed by atoms with Crippen molar-refractivity contribution in [2.75, 3.05) is 27.4 Å². The molecule has 172 valence electrons. The lowest BCUT2D eigenvalue weighted by Gasteiger charge is -2.31. The van der Waals surface area contributed by atoms with Crippen molar-refractivity contribution in [3.8, 4) is 5.75 Å². The van der Waals surface area contributed by atoms with Crippen LogP contribution in [0.5, 0.6) is 5.75 Å². The fraction of sp³-hybridized carbons (Fsp3) is 0.520. The zero-order chi connectivity index (χ0) is 23.0. The summed E-state index contributed by atoms with van der Waals surface area (Å²) < 4.78 is 12.6. The number of phenols is 1. The molecule has 2 heterocycles. The van der Waals surface area contributed by atoms with Crippen molar-refractivity contribution in [1.29, 1.82) is 0 Å². The summed E-state index contributed by atoms with van der Waals surface area (Å²) in [5.41, 5.74) is 4.30. The van der Waals surface area contributed by atoms with Crippen molar-refractivity contribution in [3.05, 3.63) is 45.0 Å². The molecule has 32 heavy (non-hydrogen) atoms. The molecule has 1 N–H and O–H groups in total. The maximum Gasteiger partial charge on any atom is 0.233 e. The van der Waals surface area contributed by atoms with Crippen molar-refractivity contribution in [2.45, 2.75) is 38.7 Å². The minimum Gasteiger partial charge on any atom is -0.507 e. The van der Waals surface area contributed by atoms with Gasteiger partial charge in [0, 0.05) is 30.1 Å². The zero-order valence-corrected chi connectivity index (χ0v) is 20.4. The highest BCUT2D eigenvalue weighted by molar-refractivity contribution is 9.10. The second kappa shape index (κ2) is 9.49. The van der Waals surface area contributed by atoms with E-state index in [9.17, 15) is 14.7 Å². The number of phenolic OH excluding ortho intramolecular Hbond substituents is 1. The Hall–Kier alpha value is -1.96. The molecule has 7 heteroatoms. The first-order chi connectivity index (χ1) is 15.3. The number of carbonyl (C=O) groups excluding carboxylic acids is 2. The van der Waals surface area contributed by atoms with Crippen LogP contribution in [-0.2, 0) is 19.1 Å². The number of ether oxygens (including phenoxy) is 2. The second-order valence-electron chi connectivity index (χ2n) is 8.89. The molecule has 4 atom stereocenters. The number of fused-ring (bicyclic) bond motifs is 3. The van der Waals surface area contributed by atoms with E-state index in [1.54, 1.807) is 20.2 Å². The molecular weight excluding hydrogens is 474 g/mol. The number of carbonyl (C=O) groups is 2. The predicted octanol–water partition coefficient (Wildman–Crippen LogP) is 4.32. The summed E-state index contributed by atoms with van der Waals surface area (Å²) in [7, 11) is 3.25. The number of benzene rings is 1. The number of nitrogens with zero attached hydrogens (tertiary/aromatic N) is 1. The van der Waals surface area contributed by atoms with Gasteiger partial charge in [0.15, 0.2) is 0 Å². The van der Waals surface area contributed by atoms with Crippen LogP contribution in [0.25, 0.3) is 6.08 Å². The van der Waals surface area contributed by atoms with Crippen molar-refractivity contribution in [1.82, 2.24) is 4.90 Å². The lowest BCUT2D eigenvalue weighted by atomic mass is 9.69. The molecular formula is C25H30BrNO5. The smallest absolute Gasteiger partial charge is 0.233 e. The third kappa shape index (κ3) is 4.18. The van der Waals surface area contributed by atoms with Crippen LogP contribution in [0.4, 0.5) is 0 Å². The molecule has 4 rings (SSSR count). The lowest BCUT2D eigenvalue weighted by molar-refractivity contribution is -0.138. The Bertz CT molecular complexity index is 985. The van der Waals surface area contributed by atoms with Gasteiger partial charge in [-0.1, -0.05) is 34.5 Å². The average Bonchev–Trinajstić information content (AvgIpc) is 3.29. The third-order valence-electron chi connectivity index (χ3n) is 7.08. The highest BCUT2D eigenvalue weighted by Crippen LogP contribution is 2.49.